The van der Waals surface area contributed by atoms with Crippen molar-refractivity contribution in [1.29, 1.82) is 0 Å². The van der Waals surface area contributed by atoms with Gasteiger partial charge in [-0.3, -0.25) is 0 Å². The number of nitrogens with one attached hydrogen (secondary N) is 1. The van der Waals surface area contributed by atoms with E-state index >= 15 is 0 Å². The average Bonchev–Trinajstić information content (AvgIpc) is 2.94. The van der Waals surface area contributed by atoms with Crippen LogP contribution >= 0.6 is 11.3 Å². The maximum Gasteiger partial charge on any atom is 0.123 e. The third kappa shape index (κ3) is 4.15. The van der Waals surface area contributed by atoms with Gasteiger partial charge in [0.1, 0.15) is 5.82 Å². The van der Waals surface area contributed by atoms with Crippen LogP contribution in [0.4, 0.5) is 4.39 Å². The number of hydrogen-bond donors (Lipinski definition) is 1. The summed E-state index contributed by atoms with van der Waals surface area (Å²) in [5.41, 5.74) is 1.17. The second-order valence-electron chi connectivity index (χ2n) is 4.99. The van der Waals surface area contributed by atoms with Gasteiger partial charge in [0.2, 0.25) is 0 Å². The zero-order valence-corrected chi connectivity index (χ0v) is 13.0. The van der Waals surface area contributed by atoms with E-state index in [1.54, 1.807) is 0 Å². The van der Waals surface area contributed by atoms with E-state index in [4.69, 9.17) is 0 Å². The lowest BCUT2D eigenvalue weighted by atomic mass is 10.0. The van der Waals surface area contributed by atoms with Crippen LogP contribution < -0.4 is 5.32 Å². The van der Waals surface area contributed by atoms with E-state index in [-0.39, 0.29) is 5.82 Å². The Morgan fingerprint density at radius 3 is 2.45 bits per heavy atom. The van der Waals surface area contributed by atoms with Crippen molar-refractivity contribution in [2.75, 3.05) is 6.54 Å². The summed E-state index contributed by atoms with van der Waals surface area (Å²) in [7, 11) is 0. The van der Waals surface area contributed by atoms with Crippen molar-refractivity contribution in [1.82, 2.24) is 5.32 Å². The Morgan fingerprint density at radius 1 is 1.10 bits per heavy atom. The summed E-state index contributed by atoms with van der Waals surface area (Å²) in [6, 6.07) is 11.6. The van der Waals surface area contributed by atoms with Gasteiger partial charge in [-0.05, 0) is 55.6 Å². The highest BCUT2D eigenvalue weighted by Gasteiger charge is 2.13. The molecule has 0 radical (unpaired) electrons. The average molecular weight is 291 g/mol. The molecule has 2 rings (SSSR count). The summed E-state index contributed by atoms with van der Waals surface area (Å²) in [6.45, 7) is 5.36. The standard InChI is InChI=1S/C17H22FNS/c1-3-11-19-16(17-10-9-15(4-2)20-17)12-13-5-7-14(18)8-6-13/h5-10,16,19H,3-4,11-12H2,1-2H3. The molecular weight excluding hydrogens is 269 g/mol. The smallest absolute Gasteiger partial charge is 0.123 e. The molecule has 0 aliphatic rings. The summed E-state index contributed by atoms with van der Waals surface area (Å²) in [5, 5.41) is 3.60. The second kappa shape index (κ2) is 7.55. The molecule has 1 aromatic carbocycles. The van der Waals surface area contributed by atoms with Crippen LogP contribution in [0.5, 0.6) is 0 Å². The summed E-state index contributed by atoms with van der Waals surface area (Å²) in [6.07, 6.45) is 3.11. The van der Waals surface area contributed by atoms with Crippen LogP contribution in [0, 0.1) is 5.82 Å². The van der Waals surface area contributed by atoms with Gasteiger partial charge in [0.15, 0.2) is 0 Å². The van der Waals surface area contributed by atoms with E-state index < -0.39 is 0 Å². The van der Waals surface area contributed by atoms with Crippen molar-refractivity contribution in [3.63, 3.8) is 0 Å². The molecule has 0 saturated heterocycles. The van der Waals surface area contributed by atoms with Crippen molar-refractivity contribution in [3.05, 3.63) is 57.5 Å². The fourth-order valence-electron chi connectivity index (χ4n) is 2.22. The van der Waals surface area contributed by atoms with Crippen molar-refractivity contribution in [2.24, 2.45) is 0 Å². The van der Waals surface area contributed by atoms with E-state index in [0.29, 0.717) is 6.04 Å². The highest BCUT2D eigenvalue weighted by atomic mass is 32.1. The normalized spacial score (nSPS) is 12.6. The second-order valence-corrected chi connectivity index (χ2v) is 6.19. The van der Waals surface area contributed by atoms with Crippen molar-refractivity contribution in [2.45, 2.75) is 39.2 Å². The van der Waals surface area contributed by atoms with Gasteiger partial charge in [0, 0.05) is 15.8 Å². The topological polar surface area (TPSA) is 12.0 Å². The zero-order chi connectivity index (χ0) is 14.4. The van der Waals surface area contributed by atoms with Crippen molar-refractivity contribution < 1.29 is 4.39 Å². The molecule has 20 heavy (non-hydrogen) atoms. The molecule has 1 nitrogen and oxygen atoms in total. The molecule has 2 aromatic rings. The molecule has 0 fully saturated rings. The Kier molecular flexibility index (Phi) is 5.74. The molecule has 1 heterocycles. The third-order valence-electron chi connectivity index (χ3n) is 3.37. The fraction of sp³-hybridized carbons (Fsp3) is 0.412. The minimum atomic E-state index is -0.170. The van der Waals surface area contributed by atoms with Crippen LogP contribution in [0.3, 0.4) is 0 Å². The molecule has 3 heteroatoms. The highest BCUT2D eigenvalue weighted by Crippen LogP contribution is 2.26. The molecule has 1 aromatic heterocycles. The van der Waals surface area contributed by atoms with Gasteiger partial charge in [0.05, 0.1) is 0 Å². The maximum absolute atomic E-state index is 13.0. The van der Waals surface area contributed by atoms with Crippen LogP contribution in [0.25, 0.3) is 0 Å². The predicted molar refractivity (Wildman–Crippen MR) is 84.8 cm³/mol. The number of thiophene rings is 1. The van der Waals surface area contributed by atoms with Crippen molar-refractivity contribution >= 4 is 11.3 Å². The van der Waals surface area contributed by atoms with Gasteiger partial charge in [-0.1, -0.05) is 26.0 Å². The van der Waals surface area contributed by atoms with Gasteiger partial charge in [-0.15, -0.1) is 11.3 Å². The van der Waals surface area contributed by atoms with Gasteiger partial charge in [-0.25, -0.2) is 4.39 Å². The van der Waals surface area contributed by atoms with Gasteiger partial charge in [0.25, 0.3) is 0 Å². The first kappa shape index (κ1) is 15.2. The molecule has 0 bridgehead atoms. The van der Waals surface area contributed by atoms with Gasteiger partial charge in [-0.2, -0.15) is 0 Å². The predicted octanol–water partition coefficient (Wildman–Crippen LogP) is 4.73. The Balaban J connectivity index is 2.12. The Bertz CT molecular complexity index is 518. The minimum absolute atomic E-state index is 0.170. The van der Waals surface area contributed by atoms with E-state index in [0.717, 1.165) is 25.8 Å². The van der Waals surface area contributed by atoms with Crippen molar-refractivity contribution in [3.8, 4) is 0 Å². The lowest BCUT2D eigenvalue weighted by Gasteiger charge is -2.17. The van der Waals surface area contributed by atoms with E-state index in [1.165, 1.54) is 27.5 Å². The quantitative estimate of drug-likeness (QED) is 0.777. The van der Waals surface area contributed by atoms with E-state index in [2.05, 4.69) is 31.3 Å². The molecule has 0 saturated carbocycles. The first-order valence-electron chi connectivity index (χ1n) is 7.29. The third-order valence-corrected chi connectivity index (χ3v) is 4.71. The largest absolute Gasteiger partial charge is 0.309 e. The minimum Gasteiger partial charge on any atom is -0.309 e. The van der Waals surface area contributed by atoms with Gasteiger partial charge < -0.3 is 5.32 Å². The van der Waals surface area contributed by atoms with Crippen LogP contribution in [-0.2, 0) is 12.8 Å². The Hall–Kier alpha value is -1.19. The molecule has 108 valence electrons. The van der Waals surface area contributed by atoms with Gasteiger partial charge >= 0.3 is 0 Å². The molecule has 0 aliphatic carbocycles. The Labute approximate surface area is 124 Å². The first-order chi connectivity index (χ1) is 9.72. The number of aryl methyl sites for hydroxylation is 1. The molecule has 1 atom stereocenters. The summed E-state index contributed by atoms with van der Waals surface area (Å²) in [5.74, 6) is -0.170. The van der Waals surface area contributed by atoms with Crippen LogP contribution in [0.2, 0.25) is 0 Å². The molecular formula is C17H22FNS. The molecule has 0 spiro atoms. The first-order valence-corrected chi connectivity index (χ1v) is 8.11. The molecule has 0 aliphatic heterocycles. The van der Waals surface area contributed by atoms with Crippen LogP contribution in [0.1, 0.15) is 41.6 Å². The molecule has 1 N–H and O–H groups in total. The highest BCUT2D eigenvalue weighted by molar-refractivity contribution is 7.12. The monoisotopic (exact) mass is 291 g/mol. The fourth-order valence-corrected chi connectivity index (χ4v) is 3.25. The number of benzene rings is 1. The van der Waals surface area contributed by atoms with E-state index in [1.807, 2.05) is 23.5 Å². The summed E-state index contributed by atoms with van der Waals surface area (Å²) in [4.78, 5) is 2.79. The van der Waals surface area contributed by atoms with Crippen LogP contribution in [-0.4, -0.2) is 6.54 Å². The number of rotatable bonds is 7. The maximum atomic E-state index is 13.0. The zero-order valence-electron chi connectivity index (χ0n) is 12.2. The van der Waals surface area contributed by atoms with E-state index in [9.17, 15) is 4.39 Å². The lowest BCUT2D eigenvalue weighted by molar-refractivity contribution is 0.536. The summed E-state index contributed by atoms with van der Waals surface area (Å²) >= 11 is 1.88. The SMILES string of the molecule is CCCNC(Cc1ccc(F)cc1)c1ccc(CC)s1. The number of hydrogen-bond acceptors (Lipinski definition) is 2. The lowest BCUT2D eigenvalue weighted by Crippen LogP contribution is -2.23. The summed E-state index contributed by atoms with van der Waals surface area (Å²) < 4.78 is 13.0. The Morgan fingerprint density at radius 2 is 1.85 bits per heavy atom. The molecule has 1 unspecified atom stereocenters. The van der Waals surface area contributed by atoms with Crippen LogP contribution in [0.15, 0.2) is 36.4 Å². The number of halogens is 1. The molecule has 0 amide bonds.